The topological polar surface area (TPSA) is 38.3 Å². The predicted octanol–water partition coefficient (Wildman–Crippen LogP) is 0.249. The van der Waals surface area contributed by atoms with Crippen LogP contribution in [-0.4, -0.2) is 12.0 Å². The first-order valence-electron chi connectivity index (χ1n) is 1.76. The van der Waals surface area contributed by atoms with Crippen molar-refractivity contribution in [3.8, 4) is 0 Å². The Labute approximate surface area is 46.6 Å². The summed E-state index contributed by atoms with van der Waals surface area (Å²) >= 11 is 5.21. The average Bonchev–Trinajstić information content (AvgIpc) is 1.61. The first-order chi connectivity index (χ1) is 3.27. The molecule has 3 nitrogen and oxygen atoms in total. The van der Waals surface area contributed by atoms with Crippen LogP contribution >= 0.6 is 11.6 Å². The highest BCUT2D eigenvalue weighted by atomic mass is 35.5. The van der Waals surface area contributed by atoms with E-state index in [0.29, 0.717) is 6.41 Å². The monoisotopic (exact) mass is 123 g/mol. The van der Waals surface area contributed by atoms with Gasteiger partial charge in [0, 0.05) is 0 Å². The van der Waals surface area contributed by atoms with Gasteiger partial charge in [0.2, 0.25) is 6.41 Å². The maximum absolute atomic E-state index is 9.41. The van der Waals surface area contributed by atoms with Crippen LogP contribution < -0.4 is 5.48 Å². The fourth-order valence-corrected chi connectivity index (χ4v) is 0.173. The van der Waals surface area contributed by atoms with Crippen molar-refractivity contribution in [1.29, 1.82) is 0 Å². The second kappa shape index (κ2) is 3.89. The molecule has 0 rings (SSSR count). The highest BCUT2D eigenvalue weighted by Crippen LogP contribution is 1.89. The molecule has 0 saturated heterocycles. The summed E-state index contributed by atoms with van der Waals surface area (Å²) < 4.78 is 0. The van der Waals surface area contributed by atoms with Gasteiger partial charge in [-0.05, 0) is 6.92 Å². The molecule has 0 radical (unpaired) electrons. The van der Waals surface area contributed by atoms with E-state index in [1.54, 1.807) is 6.92 Å². The van der Waals surface area contributed by atoms with Gasteiger partial charge in [-0.25, -0.2) is 5.48 Å². The van der Waals surface area contributed by atoms with Crippen LogP contribution in [0.15, 0.2) is 0 Å². The third kappa shape index (κ3) is 5.72. The Morgan fingerprint density at radius 1 is 2.00 bits per heavy atom. The molecule has 0 heterocycles. The third-order valence-electron chi connectivity index (χ3n) is 0.279. The number of hydroxylamine groups is 1. The molecule has 4 heteroatoms. The summed E-state index contributed by atoms with van der Waals surface area (Å²) in [6.07, 6.45) is 0.416. The van der Waals surface area contributed by atoms with Gasteiger partial charge in [-0.15, -0.1) is 0 Å². The quantitative estimate of drug-likeness (QED) is 0.332. The fraction of sp³-hybridized carbons (Fsp3) is 0.667. The Kier molecular flexibility index (Phi) is 3.74. The molecule has 0 spiro atoms. The van der Waals surface area contributed by atoms with Gasteiger partial charge in [0.05, 0.1) is 0 Å². The van der Waals surface area contributed by atoms with Crippen LogP contribution in [-0.2, 0) is 9.63 Å². The lowest BCUT2D eigenvalue weighted by molar-refractivity contribution is -0.121. The van der Waals surface area contributed by atoms with Crippen molar-refractivity contribution >= 4 is 18.0 Å². The number of rotatable bonds is 3. The van der Waals surface area contributed by atoms with Gasteiger partial charge in [-0.1, -0.05) is 11.6 Å². The molecule has 1 unspecified atom stereocenters. The number of carbonyl (C=O) groups excluding carboxylic acids is 1. The van der Waals surface area contributed by atoms with E-state index in [9.17, 15) is 4.79 Å². The Balaban J connectivity index is 2.81. The molecule has 0 aromatic carbocycles. The fourth-order valence-electron chi connectivity index (χ4n) is 0.122. The first-order valence-corrected chi connectivity index (χ1v) is 2.20. The van der Waals surface area contributed by atoms with Crippen LogP contribution in [0.4, 0.5) is 0 Å². The molecule has 1 atom stereocenters. The Morgan fingerprint density at radius 3 is 2.71 bits per heavy atom. The second-order valence-electron chi connectivity index (χ2n) is 0.897. The van der Waals surface area contributed by atoms with E-state index in [-0.39, 0.29) is 0 Å². The number of hydrogen-bond donors (Lipinski definition) is 1. The largest absolute Gasteiger partial charge is 0.277 e. The summed E-state index contributed by atoms with van der Waals surface area (Å²) in [6.45, 7) is 1.60. The van der Waals surface area contributed by atoms with E-state index in [2.05, 4.69) is 4.84 Å². The van der Waals surface area contributed by atoms with E-state index < -0.39 is 5.56 Å². The van der Waals surface area contributed by atoms with E-state index in [0.717, 1.165) is 0 Å². The Hall–Kier alpha value is -0.280. The predicted molar refractivity (Wildman–Crippen MR) is 25.6 cm³/mol. The van der Waals surface area contributed by atoms with Crippen molar-refractivity contribution in [3.05, 3.63) is 0 Å². The summed E-state index contributed by atoms with van der Waals surface area (Å²) in [5, 5.41) is 0. The molecule has 1 amide bonds. The lowest BCUT2D eigenvalue weighted by atomic mass is 10.9. The van der Waals surface area contributed by atoms with Crippen molar-refractivity contribution in [1.82, 2.24) is 5.48 Å². The lowest BCUT2D eigenvalue weighted by Crippen LogP contribution is -2.15. The van der Waals surface area contributed by atoms with Gasteiger partial charge in [-0.3, -0.25) is 9.63 Å². The van der Waals surface area contributed by atoms with Crippen LogP contribution in [0.5, 0.6) is 0 Å². The average molecular weight is 124 g/mol. The van der Waals surface area contributed by atoms with Crippen LogP contribution in [0.3, 0.4) is 0 Å². The zero-order valence-corrected chi connectivity index (χ0v) is 4.61. The SMILES string of the molecule is CC(Cl)ONC=O. The molecule has 0 saturated carbocycles. The minimum Gasteiger partial charge on any atom is -0.277 e. The maximum atomic E-state index is 9.41. The molecule has 0 aromatic heterocycles. The van der Waals surface area contributed by atoms with E-state index in [1.807, 2.05) is 5.48 Å². The molecule has 7 heavy (non-hydrogen) atoms. The molecule has 1 N–H and O–H groups in total. The first kappa shape index (κ1) is 6.72. The van der Waals surface area contributed by atoms with Gasteiger partial charge in [0.25, 0.3) is 0 Å². The van der Waals surface area contributed by atoms with Crippen molar-refractivity contribution in [2.45, 2.75) is 12.5 Å². The zero-order valence-electron chi connectivity index (χ0n) is 3.85. The highest BCUT2D eigenvalue weighted by Gasteiger charge is 1.89. The number of alkyl halides is 1. The normalized spacial score (nSPS) is 12.9. The molecular formula is C3H6ClNO2. The van der Waals surface area contributed by atoms with Crippen LogP contribution in [0, 0.1) is 0 Å². The number of nitrogens with one attached hydrogen (secondary N) is 1. The van der Waals surface area contributed by atoms with Gasteiger partial charge < -0.3 is 0 Å². The summed E-state index contributed by atoms with van der Waals surface area (Å²) in [4.78, 5) is 13.8. The number of amides is 1. The zero-order chi connectivity index (χ0) is 5.70. The van der Waals surface area contributed by atoms with Crippen LogP contribution in [0.2, 0.25) is 0 Å². The van der Waals surface area contributed by atoms with E-state index in [1.165, 1.54) is 0 Å². The molecule has 42 valence electrons. The maximum Gasteiger partial charge on any atom is 0.230 e. The van der Waals surface area contributed by atoms with Crippen LogP contribution in [0.1, 0.15) is 6.92 Å². The lowest BCUT2D eigenvalue weighted by Gasteiger charge is -1.98. The summed E-state index contributed by atoms with van der Waals surface area (Å²) in [7, 11) is 0. The van der Waals surface area contributed by atoms with Crippen molar-refractivity contribution < 1.29 is 9.63 Å². The third-order valence-corrected chi connectivity index (χ3v) is 0.368. The van der Waals surface area contributed by atoms with Gasteiger partial charge in [0.1, 0.15) is 0 Å². The Bertz CT molecular complexity index is 56.9. The summed E-state index contributed by atoms with van der Waals surface area (Å²) in [6, 6.07) is 0. The van der Waals surface area contributed by atoms with Gasteiger partial charge in [0.15, 0.2) is 5.56 Å². The molecular weight excluding hydrogens is 117 g/mol. The second-order valence-corrected chi connectivity index (χ2v) is 1.51. The standard InChI is InChI=1S/C3H6ClNO2/c1-3(4)7-5-2-6/h2-3H,1H3,(H,5,6). The van der Waals surface area contributed by atoms with E-state index in [4.69, 9.17) is 11.6 Å². The number of halogens is 1. The van der Waals surface area contributed by atoms with Crippen molar-refractivity contribution in [3.63, 3.8) is 0 Å². The minimum atomic E-state index is -0.467. The molecule has 0 fully saturated rings. The molecule has 0 bridgehead atoms. The summed E-state index contributed by atoms with van der Waals surface area (Å²) in [5.74, 6) is 0. The smallest absolute Gasteiger partial charge is 0.230 e. The van der Waals surface area contributed by atoms with Gasteiger partial charge >= 0.3 is 0 Å². The minimum absolute atomic E-state index is 0.416. The van der Waals surface area contributed by atoms with Crippen LogP contribution in [0.25, 0.3) is 0 Å². The van der Waals surface area contributed by atoms with Crippen molar-refractivity contribution in [2.75, 3.05) is 0 Å². The molecule has 0 aliphatic rings. The Morgan fingerprint density at radius 2 is 2.57 bits per heavy atom. The molecule has 0 aromatic rings. The summed E-state index contributed by atoms with van der Waals surface area (Å²) in [5.41, 5.74) is 1.47. The number of carbonyl (C=O) groups is 1. The highest BCUT2D eigenvalue weighted by molar-refractivity contribution is 6.19. The van der Waals surface area contributed by atoms with Gasteiger partial charge in [-0.2, -0.15) is 0 Å². The van der Waals surface area contributed by atoms with E-state index >= 15 is 0 Å². The molecule has 0 aliphatic heterocycles. The molecule has 0 aliphatic carbocycles. The van der Waals surface area contributed by atoms with Crippen molar-refractivity contribution in [2.24, 2.45) is 0 Å². The number of hydrogen-bond acceptors (Lipinski definition) is 2.